The lowest BCUT2D eigenvalue weighted by molar-refractivity contribution is -0.925. The summed E-state index contributed by atoms with van der Waals surface area (Å²) in [6.45, 7) is 5.16. The summed E-state index contributed by atoms with van der Waals surface area (Å²) in [6, 6.07) is 6.38. The number of hydrogen-bond acceptors (Lipinski definition) is 4. The van der Waals surface area contributed by atoms with Gasteiger partial charge in [-0.05, 0) is 18.1 Å². The molecule has 4 rings (SSSR count). The average molecular weight is 392 g/mol. The molecule has 2 aliphatic rings. The standard InChI is InChI=1S/C20H26N2O4S/c1-2-15-3-4-18-16(13-26-19(18)11-15)12-20(23)22-8-6-21(7-9-22)17-5-10-27(24,25)14-17/h3-4,11,13,17H,2,5-10,12,14H2,1H3/p+1/t17-/m1/s1. The number of fused-ring (bicyclic) bond motifs is 1. The Hall–Kier alpha value is -1.86. The first-order chi connectivity index (χ1) is 12.9. The van der Waals surface area contributed by atoms with Crippen molar-refractivity contribution >= 4 is 26.7 Å². The number of furan rings is 1. The molecule has 1 aromatic carbocycles. The third kappa shape index (κ3) is 3.89. The van der Waals surface area contributed by atoms with E-state index in [2.05, 4.69) is 13.0 Å². The Balaban J connectivity index is 1.36. The second-order valence-electron chi connectivity index (χ2n) is 7.76. The number of benzene rings is 1. The minimum absolute atomic E-state index is 0.121. The van der Waals surface area contributed by atoms with Crippen molar-refractivity contribution in [1.82, 2.24) is 4.90 Å². The SMILES string of the molecule is CCc1ccc2c(CC(=O)N3CC[NH+]([C@@H]4CCS(=O)(=O)C4)CC3)coc2c1. The minimum atomic E-state index is -2.85. The molecule has 3 heterocycles. The molecule has 6 nitrogen and oxygen atoms in total. The van der Waals surface area contributed by atoms with Crippen LogP contribution in [0.3, 0.4) is 0 Å². The number of hydrogen-bond donors (Lipinski definition) is 1. The molecule has 1 amide bonds. The number of carbonyl (C=O) groups is 1. The fourth-order valence-electron chi connectivity index (χ4n) is 4.33. The van der Waals surface area contributed by atoms with E-state index in [1.54, 1.807) is 6.26 Å². The van der Waals surface area contributed by atoms with Crippen molar-refractivity contribution in [2.45, 2.75) is 32.2 Å². The highest BCUT2D eigenvalue weighted by molar-refractivity contribution is 7.91. The number of aryl methyl sites for hydroxylation is 1. The zero-order valence-corrected chi connectivity index (χ0v) is 16.6. The van der Waals surface area contributed by atoms with Gasteiger partial charge in [0.2, 0.25) is 5.91 Å². The van der Waals surface area contributed by atoms with Crippen molar-refractivity contribution < 1.29 is 22.5 Å². The molecule has 0 aliphatic carbocycles. The fourth-order valence-corrected chi connectivity index (χ4v) is 6.15. The Morgan fingerprint density at radius 1 is 1.30 bits per heavy atom. The number of quaternary nitrogens is 1. The molecule has 0 unspecified atom stereocenters. The highest BCUT2D eigenvalue weighted by atomic mass is 32.2. The van der Waals surface area contributed by atoms with Crippen LogP contribution in [0.2, 0.25) is 0 Å². The van der Waals surface area contributed by atoms with E-state index in [1.165, 1.54) is 10.5 Å². The molecule has 0 radical (unpaired) electrons. The van der Waals surface area contributed by atoms with E-state index in [9.17, 15) is 13.2 Å². The molecule has 2 fully saturated rings. The van der Waals surface area contributed by atoms with Gasteiger partial charge in [0.1, 0.15) is 17.4 Å². The lowest BCUT2D eigenvalue weighted by atomic mass is 10.1. The highest BCUT2D eigenvalue weighted by Crippen LogP contribution is 2.23. The van der Waals surface area contributed by atoms with Crippen molar-refractivity contribution in [3.05, 3.63) is 35.6 Å². The monoisotopic (exact) mass is 391 g/mol. The lowest BCUT2D eigenvalue weighted by Gasteiger charge is -2.35. The van der Waals surface area contributed by atoms with Crippen molar-refractivity contribution in [1.29, 1.82) is 0 Å². The first kappa shape index (κ1) is 18.5. The Kier molecular flexibility index (Phi) is 4.99. The van der Waals surface area contributed by atoms with E-state index in [0.29, 0.717) is 31.0 Å². The van der Waals surface area contributed by atoms with Crippen LogP contribution in [0.15, 0.2) is 28.9 Å². The van der Waals surface area contributed by atoms with Crippen LogP contribution < -0.4 is 4.90 Å². The molecule has 0 spiro atoms. The summed E-state index contributed by atoms with van der Waals surface area (Å²) < 4.78 is 29.0. The zero-order chi connectivity index (χ0) is 19.0. The molecule has 2 aliphatic heterocycles. The number of rotatable bonds is 4. The van der Waals surface area contributed by atoms with E-state index in [1.807, 2.05) is 17.0 Å². The van der Waals surface area contributed by atoms with Gasteiger partial charge in [-0.25, -0.2) is 8.42 Å². The Bertz CT molecular complexity index is 942. The Morgan fingerprint density at radius 2 is 2.07 bits per heavy atom. The Morgan fingerprint density at radius 3 is 2.74 bits per heavy atom. The van der Waals surface area contributed by atoms with Crippen molar-refractivity contribution in [2.24, 2.45) is 0 Å². The van der Waals surface area contributed by atoms with Gasteiger partial charge in [0, 0.05) is 17.4 Å². The molecule has 0 bridgehead atoms. The molecule has 1 aromatic heterocycles. The van der Waals surface area contributed by atoms with Gasteiger partial charge in [0.15, 0.2) is 9.84 Å². The number of carbonyl (C=O) groups excluding carboxylic acids is 1. The van der Waals surface area contributed by atoms with Gasteiger partial charge in [-0.1, -0.05) is 19.1 Å². The third-order valence-corrected chi connectivity index (χ3v) is 7.81. The summed E-state index contributed by atoms with van der Waals surface area (Å²) in [4.78, 5) is 16.0. The normalized spacial score (nSPS) is 23.1. The molecular weight excluding hydrogens is 364 g/mol. The van der Waals surface area contributed by atoms with Gasteiger partial charge in [-0.2, -0.15) is 0 Å². The highest BCUT2D eigenvalue weighted by Gasteiger charge is 2.37. The first-order valence-corrected chi connectivity index (χ1v) is 11.6. The molecule has 7 heteroatoms. The van der Waals surface area contributed by atoms with Crippen molar-refractivity contribution in [2.75, 3.05) is 37.7 Å². The molecular formula is C20H27N2O4S+. The number of amides is 1. The zero-order valence-electron chi connectivity index (χ0n) is 15.7. The molecule has 27 heavy (non-hydrogen) atoms. The predicted octanol–water partition coefficient (Wildman–Crippen LogP) is 0.452. The maximum absolute atomic E-state index is 12.7. The van der Waals surface area contributed by atoms with Gasteiger partial charge in [0.05, 0.1) is 44.6 Å². The third-order valence-electron chi connectivity index (χ3n) is 6.04. The first-order valence-electron chi connectivity index (χ1n) is 9.77. The summed E-state index contributed by atoms with van der Waals surface area (Å²) in [5.41, 5.74) is 3.01. The minimum Gasteiger partial charge on any atom is -0.464 e. The number of piperazine rings is 1. The van der Waals surface area contributed by atoms with Crippen LogP contribution in [-0.4, -0.2) is 63.0 Å². The number of nitrogens with one attached hydrogen (secondary N) is 1. The van der Waals surface area contributed by atoms with Gasteiger partial charge in [-0.15, -0.1) is 0 Å². The molecule has 1 N–H and O–H groups in total. The topological polar surface area (TPSA) is 72.0 Å². The summed E-state index contributed by atoms with van der Waals surface area (Å²) in [6.07, 6.45) is 3.77. The van der Waals surface area contributed by atoms with Crippen LogP contribution in [0.1, 0.15) is 24.5 Å². The van der Waals surface area contributed by atoms with E-state index < -0.39 is 9.84 Å². The second-order valence-corrected chi connectivity index (χ2v) is 9.99. The molecule has 2 saturated heterocycles. The quantitative estimate of drug-likeness (QED) is 0.822. The number of sulfone groups is 1. The van der Waals surface area contributed by atoms with Crippen LogP contribution in [0.5, 0.6) is 0 Å². The van der Waals surface area contributed by atoms with Crippen LogP contribution in [-0.2, 0) is 27.5 Å². The van der Waals surface area contributed by atoms with Crippen LogP contribution in [0.4, 0.5) is 0 Å². The van der Waals surface area contributed by atoms with Crippen molar-refractivity contribution in [3.8, 4) is 0 Å². The van der Waals surface area contributed by atoms with E-state index >= 15 is 0 Å². The van der Waals surface area contributed by atoms with Crippen LogP contribution >= 0.6 is 0 Å². The van der Waals surface area contributed by atoms with E-state index in [-0.39, 0.29) is 11.9 Å². The molecule has 0 saturated carbocycles. The second kappa shape index (κ2) is 7.28. The van der Waals surface area contributed by atoms with Crippen LogP contribution in [0, 0.1) is 0 Å². The van der Waals surface area contributed by atoms with E-state index in [0.717, 1.165) is 42.5 Å². The smallest absolute Gasteiger partial charge is 0.227 e. The molecule has 146 valence electrons. The van der Waals surface area contributed by atoms with Gasteiger partial charge in [-0.3, -0.25) is 4.79 Å². The fraction of sp³-hybridized carbons (Fsp3) is 0.550. The maximum Gasteiger partial charge on any atom is 0.227 e. The summed E-state index contributed by atoms with van der Waals surface area (Å²) in [5, 5.41) is 1.01. The summed E-state index contributed by atoms with van der Waals surface area (Å²) in [5.74, 6) is 0.740. The maximum atomic E-state index is 12.7. The Labute approximate surface area is 160 Å². The summed E-state index contributed by atoms with van der Waals surface area (Å²) in [7, 11) is -2.85. The predicted molar refractivity (Wildman–Crippen MR) is 104 cm³/mol. The average Bonchev–Trinajstić information content (AvgIpc) is 3.24. The number of nitrogens with zero attached hydrogens (tertiary/aromatic N) is 1. The van der Waals surface area contributed by atoms with Gasteiger partial charge in [0.25, 0.3) is 0 Å². The summed E-state index contributed by atoms with van der Waals surface area (Å²) >= 11 is 0. The van der Waals surface area contributed by atoms with Gasteiger partial charge >= 0.3 is 0 Å². The lowest BCUT2D eigenvalue weighted by Crippen LogP contribution is -3.18. The van der Waals surface area contributed by atoms with Gasteiger partial charge < -0.3 is 14.2 Å². The molecule has 2 aromatic rings. The van der Waals surface area contributed by atoms with Crippen LogP contribution in [0.25, 0.3) is 11.0 Å². The van der Waals surface area contributed by atoms with Crippen molar-refractivity contribution in [3.63, 3.8) is 0 Å². The van der Waals surface area contributed by atoms with E-state index in [4.69, 9.17) is 4.42 Å². The largest absolute Gasteiger partial charge is 0.464 e. The molecule has 1 atom stereocenters.